The summed E-state index contributed by atoms with van der Waals surface area (Å²) in [5, 5.41) is 7.00. The number of aliphatic hydroxyl groups is 1. The standard InChI is InChI=1S/C11H12.CH4O/c1-3-5-11-8-6-10(4-2)7-9-11;1-2/h6-9H,4H2,1-2H3;2H,1H3. The SMILES string of the molecule is CC#Cc1ccc(CC)cc1.CO. The monoisotopic (exact) mass is 176 g/mol. The molecule has 0 aliphatic carbocycles. The quantitative estimate of drug-likeness (QED) is 0.650. The molecule has 70 valence electrons. The first-order valence-corrected chi connectivity index (χ1v) is 4.33. The molecule has 0 saturated carbocycles. The molecule has 0 spiro atoms. The van der Waals surface area contributed by atoms with Gasteiger partial charge in [-0.25, -0.2) is 0 Å². The lowest BCUT2D eigenvalue weighted by Gasteiger charge is -1.94. The first-order valence-electron chi connectivity index (χ1n) is 4.33. The second kappa shape index (κ2) is 7.39. The van der Waals surface area contributed by atoms with Crippen LogP contribution < -0.4 is 0 Å². The van der Waals surface area contributed by atoms with Crippen LogP contribution in [0.15, 0.2) is 24.3 Å². The predicted octanol–water partition coefficient (Wildman–Crippen LogP) is 2.23. The molecule has 1 N–H and O–H groups in total. The predicted molar refractivity (Wildman–Crippen MR) is 56.5 cm³/mol. The highest BCUT2D eigenvalue weighted by Gasteiger charge is 1.87. The van der Waals surface area contributed by atoms with Crippen LogP contribution in [0.1, 0.15) is 25.0 Å². The van der Waals surface area contributed by atoms with Crippen molar-refractivity contribution in [2.75, 3.05) is 7.11 Å². The van der Waals surface area contributed by atoms with Gasteiger partial charge < -0.3 is 5.11 Å². The number of aryl methyl sites for hydroxylation is 1. The Morgan fingerprint density at radius 2 is 1.69 bits per heavy atom. The molecule has 1 aromatic rings. The van der Waals surface area contributed by atoms with Crippen LogP contribution >= 0.6 is 0 Å². The van der Waals surface area contributed by atoms with Crippen molar-refractivity contribution in [2.45, 2.75) is 20.3 Å². The number of hydrogen-bond donors (Lipinski definition) is 1. The van der Waals surface area contributed by atoms with E-state index in [0.717, 1.165) is 19.1 Å². The molecule has 1 aromatic carbocycles. The average molecular weight is 176 g/mol. The van der Waals surface area contributed by atoms with Gasteiger partial charge in [-0.15, -0.1) is 5.92 Å². The van der Waals surface area contributed by atoms with Crippen molar-refractivity contribution in [1.29, 1.82) is 0 Å². The maximum absolute atomic E-state index is 7.00. The summed E-state index contributed by atoms with van der Waals surface area (Å²) < 4.78 is 0. The second-order valence-electron chi connectivity index (χ2n) is 2.43. The van der Waals surface area contributed by atoms with Crippen LogP contribution in [0.5, 0.6) is 0 Å². The Morgan fingerprint density at radius 1 is 1.15 bits per heavy atom. The van der Waals surface area contributed by atoms with Crippen molar-refractivity contribution in [3.63, 3.8) is 0 Å². The van der Waals surface area contributed by atoms with Gasteiger partial charge in [0.25, 0.3) is 0 Å². The Kier molecular flexibility index (Phi) is 6.68. The molecule has 0 unspecified atom stereocenters. The van der Waals surface area contributed by atoms with Crippen molar-refractivity contribution >= 4 is 0 Å². The van der Waals surface area contributed by atoms with Crippen molar-refractivity contribution < 1.29 is 5.11 Å². The molecule has 1 nitrogen and oxygen atoms in total. The Morgan fingerprint density at radius 3 is 2.08 bits per heavy atom. The summed E-state index contributed by atoms with van der Waals surface area (Å²) in [7, 11) is 1.00. The summed E-state index contributed by atoms with van der Waals surface area (Å²) in [5.41, 5.74) is 2.47. The van der Waals surface area contributed by atoms with E-state index in [0.29, 0.717) is 0 Å². The normalized spacial score (nSPS) is 7.69. The zero-order valence-electron chi connectivity index (χ0n) is 8.46. The molecule has 0 amide bonds. The van der Waals surface area contributed by atoms with Gasteiger partial charge in [0.15, 0.2) is 0 Å². The number of aliphatic hydroxyl groups excluding tert-OH is 1. The van der Waals surface area contributed by atoms with E-state index in [1.807, 2.05) is 6.92 Å². The van der Waals surface area contributed by atoms with Crippen molar-refractivity contribution in [2.24, 2.45) is 0 Å². The fraction of sp³-hybridized carbons (Fsp3) is 0.333. The van der Waals surface area contributed by atoms with Gasteiger partial charge in [0, 0.05) is 12.7 Å². The second-order valence-corrected chi connectivity index (χ2v) is 2.43. The molecule has 0 radical (unpaired) electrons. The lowest BCUT2D eigenvalue weighted by Crippen LogP contribution is -1.79. The summed E-state index contributed by atoms with van der Waals surface area (Å²) in [5.74, 6) is 5.88. The average Bonchev–Trinajstić information content (AvgIpc) is 2.23. The van der Waals surface area contributed by atoms with Gasteiger partial charge in [0.05, 0.1) is 0 Å². The van der Waals surface area contributed by atoms with Gasteiger partial charge in [-0.2, -0.15) is 0 Å². The summed E-state index contributed by atoms with van der Waals surface area (Å²) in [4.78, 5) is 0. The summed E-state index contributed by atoms with van der Waals surface area (Å²) in [6.07, 6.45) is 1.10. The Bertz CT molecular complexity index is 274. The molecule has 0 aromatic heterocycles. The van der Waals surface area contributed by atoms with Gasteiger partial charge in [0.2, 0.25) is 0 Å². The van der Waals surface area contributed by atoms with Gasteiger partial charge in [0.1, 0.15) is 0 Å². The minimum absolute atomic E-state index is 1.00. The molecule has 0 bridgehead atoms. The van der Waals surface area contributed by atoms with E-state index in [4.69, 9.17) is 5.11 Å². The first kappa shape index (κ1) is 11.7. The van der Waals surface area contributed by atoms with Crippen molar-refractivity contribution in [1.82, 2.24) is 0 Å². The third-order valence-electron chi connectivity index (χ3n) is 1.63. The fourth-order valence-electron chi connectivity index (χ4n) is 0.968. The van der Waals surface area contributed by atoms with Crippen molar-refractivity contribution in [3.8, 4) is 11.8 Å². The zero-order chi connectivity index (χ0) is 10.1. The highest BCUT2D eigenvalue weighted by molar-refractivity contribution is 5.35. The van der Waals surface area contributed by atoms with Crippen molar-refractivity contribution in [3.05, 3.63) is 35.4 Å². The van der Waals surface area contributed by atoms with Gasteiger partial charge in [-0.05, 0) is 31.0 Å². The number of hydrogen-bond acceptors (Lipinski definition) is 1. The van der Waals surface area contributed by atoms with E-state index in [2.05, 4.69) is 43.0 Å². The third kappa shape index (κ3) is 4.35. The lowest BCUT2D eigenvalue weighted by molar-refractivity contribution is 0.399. The van der Waals surface area contributed by atoms with Crippen LogP contribution in [0.2, 0.25) is 0 Å². The Hall–Kier alpha value is -1.26. The summed E-state index contributed by atoms with van der Waals surface area (Å²) in [6, 6.07) is 8.38. The van der Waals surface area contributed by atoms with E-state index in [9.17, 15) is 0 Å². The highest BCUT2D eigenvalue weighted by Crippen LogP contribution is 2.03. The highest BCUT2D eigenvalue weighted by atomic mass is 16.2. The summed E-state index contributed by atoms with van der Waals surface area (Å²) in [6.45, 7) is 4.01. The Labute approximate surface area is 80.4 Å². The summed E-state index contributed by atoms with van der Waals surface area (Å²) >= 11 is 0. The molecule has 0 heterocycles. The smallest absolute Gasteiger partial charge is 0.0319 e. The van der Waals surface area contributed by atoms with Crippen LogP contribution in [0, 0.1) is 11.8 Å². The molecule has 0 atom stereocenters. The van der Waals surface area contributed by atoms with Crippen LogP contribution in [-0.2, 0) is 6.42 Å². The number of benzene rings is 1. The van der Waals surface area contributed by atoms with Gasteiger partial charge >= 0.3 is 0 Å². The largest absolute Gasteiger partial charge is 0.400 e. The Balaban J connectivity index is 0.000000671. The van der Waals surface area contributed by atoms with E-state index >= 15 is 0 Å². The minimum atomic E-state index is 1.00. The molecule has 0 aliphatic rings. The third-order valence-corrected chi connectivity index (χ3v) is 1.63. The molecular formula is C12H16O. The molecule has 1 rings (SSSR count). The molecule has 1 heteroatoms. The minimum Gasteiger partial charge on any atom is -0.400 e. The molecule has 0 aliphatic heterocycles. The van der Waals surface area contributed by atoms with Crippen LogP contribution in [0.25, 0.3) is 0 Å². The van der Waals surface area contributed by atoms with Crippen LogP contribution in [0.3, 0.4) is 0 Å². The van der Waals surface area contributed by atoms with E-state index < -0.39 is 0 Å². The fourth-order valence-corrected chi connectivity index (χ4v) is 0.968. The molecule has 0 fully saturated rings. The van der Waals surface area contributed by atoms with E-state index in [1.165, 1.54) is 5.56 Å². The molecular weight excluding hydrogens is 160 g/mol. The van der Waals surface area contributed by atoms with E-state index in [1.54, 1.807) is 0 Å². The molecule has 0 saturated heterocycles. The topological polar surface area (TPSA) is 20.2 Å². The lowest BCUT2D eigenvalue weighted by atomic mass is 10.1. The van der Waals surface area contributed by atoms with Gasteiger partial charge in [-0.1, -0.05) is 25.0 Å². The maximum Gasteiger partial charge on any atom is 0.0319 e. The maximum atomic E-state index is 7.00. The van der Waals surface area contributed by atoms with E-state index in [-0.39, 0.29) is 0 Å². The molecule has 13 heavy (non-hydrogen) atoms. The number of rotatable bonds is 1. The van der Waals surface area contributed by atoms with Crippen LogP contribution in [0.4, 0.5) is 0 Å². The zero-order valence-corrected chi connectivity index (χ0v) is 8.46. The van der Waals surface area contributed by atoms with Gasteiger partial charge in [-0.3, -0.25) is 0 Å². The first-order chi connectivity index (χ1) is 6.36. The van der Waals surface area contributed by atoms with Crippen LogP contribution in [-0.4, -0.2) is 12.2 Å².